The third-order valence-electron chi connectivity index (χ3n) is 2.70. The Morgan fingerprint density at radius 1 is 1.29 bits per heavy atom. The highest BCUT2D eigenvalue weighted by molar-refractivity contribution is 7.20. The molecule has 6 N–H and O–H groups in total. The number of carbonyl (C=O) groups excluding carboxylic acids is 2. The van der Waals surface area contributed by atoms with Crippen molar-refractivity contribution >= 4 is 28.3 Å². The van der Waals surface area contributed by atoms with Crippen LogP contribution in [-0.4, -0.2) is 24.2 Å². The van der Waals surface area contributed by atoms with Crippen LogP contribution in [0.3, 0.4) is 0 Å². The number of primary amides is 2. The summed E-state index contributed by atoms with van der Waals surface area (Å²) in [7, 11) is 1.44. The lowest BCUT2D eigenvalue weighted by Gasteiger charge is -2.04. The van der Waals surface area contributed by atoms with Crippen molar-refractivity contribution in [3.05, 3.63) is 29.8 Å². The molecule has 2 rings (SSSR count). The molecule has 0 bridgehead atoms. The van der Waals surface area contributed by atoms with E-state index in [2.05, 4.69) is 5.32 Å². The number of nitrogens with two attached hydrogens (primary N) is 2. The Morgan fingerprint density at radius 3 is 2.52 bits per heavy atom. The topological polar surface area (TPSA) is 128 Å². The maximum Gasteiger partial charge on any atom is 0.317 e. The van der Waals surface area contributed by atoms with Crippen molar-refractivity contribution in [2.24, 2.45) is 11.5 Å². The Hall–Kier alpha value is -2.74. The van der Waals surface area contributed by atoms with Gasteiger partial charge in [-0.2, -0.15) is 0 Å². The lowest BCUT2D eigenvalue weighted by atomic mass is 10.1. The number of benzene rings is 1. The van der Waals surface area contributed by atoms with Gasteiger partial charge in [-0.15, -0.1) is 11.3 Å². The van der Waals surface area contributed by atoms with E-state index >= 15 is 0 Å². The molecule has 0 atom stereocenters. The third kappa shape index (κ3) is 3.06. The van der Waals surface area contributed by atoms with Crippen LogP contribution in [0.5, 0.6) is 11.5 Å². The SMILES string of the molecule is COc1ccc(-c2cc(C(N)=O)c(NC(N)=O)s2)cc1O. The molecule has 0 radical (unpaired) electrons. The number of aromatic hydroxyl groups is 1. The summed E-state index contributed by atoms with van der Waals surface area (Å²) in [5, 5.41) is 12.4. The normalized spacial score (nSPS) is 10.1. The standard InChI is InChI=1S/C13H13N3O4S/c1-20-9-3-2-6(4-8(9)17)10-5-7(11(14)18)12(21-10)16-13(15)19/h2-5,17H,1H3,(H2,14,18)(H3,15,16,19). The van der Waals surface area contributed by atoms with E-state index in [1.807, 2.05) is 0 Å². The van der Waals surface area contributed by atoms with Crippen LogP contribution in [0.1, 0.15) is 10.4 Å². The van der Waals surface area contributed by atoms with Crippen molar-refractivity contribution in [3.63, 3.8) is 0 Å². The van der Waals surface area contributed by atoms with Gasteiger partial charge in [0, 0.05) is 4.88 Å². The van der Waals surface area contributed by atoms with Crippen LogP contribution in [0.2, 0.25) is 0 Å². The first-order valence-corrected chi connectivity index (χ1v) is 6.61. The molecule has 1 heterocycles. The first kappa shape index (κ1) is 14.7. The van der Waals surface area contributed by atoms with Gasteiger partial charge in [-0.25, -0.2) is 4.79 Å². The molecule has 0 spiro atoms. The number of nitrogens with one attached hydrogen (secondary N) is 1. The van der Waals surface area contributed by atoms with Gasteiger partial charge in [0.15, 0.2) is 11.5 Å². The second-order valence-electron chi connectivity index (χ2n) is 4.09. The first-order chi connectivity index (χ1) is 9.92. The summed E-state index contributed by atoms with van der Waals surface area (Å²) in [4.78, 5) is 23.0. The molecule has 0 unspecified atom stereocenters. The van der Waals surface area contributed by atoms with Crippen molar-refractivity contribution in [2.75, 3.05) is 12.4 Å². The summed E-state index contributed by atoms with van der Waals surface area (Å²) < 4.78 is 4.96. The van der Waals surface area contributed by atoms with E-state index < -0.39 is 11.9 Å². The molecule has 0 aliphatic heterocycles. The average molecular weight is 307 g/mol. The largest absolute Gasteiger partial charge is 0.504 e. The number of carbonyl (C=O) groups is 2. The molecular weight excluding hydrogens is 294 g/mol. The van der Waals surface area contributed by atoms with Gasteiger partial charge in [0.2, 0.25) is 0 Å². The van der Waals surface area contributed by atoms with E-state index in [1.165, 1.54) is 19.2 Å². The van der Waals surface area contributed by atoms with Gasteiger partial charge in [-0.05, 0) is 29.8 Å². The molecule has 8 heteroatoms. The van der Waals surface area contributed by atoms with Gasteiger partial charge < -0.3 is 21.3 Å². The lowest BCUT2D eigenvalue weighted by molar-refractivity contribution is 0.100. The summed E-state index contributed by atoms with van der Waals surface area (Å²) in [6.45, 7) is 0. The van der Waals surface area contributed by atoms with Crippen LogP contribution in [0, 0.1) is 0 Å². The van der Waals surface area contributed by atoms with Crippen molar-refractivity contribution in [1.82, 2.24) is 0 Å². The predicted molar refractivity (Wildman–Crippen MR) is 79.7 cm³/mol. The minimum Gasteiger partial charge on any atom is -0.504 e. The zero-order valence-electron chi connectivity index (χ0n) is 11.0. The van der Waals surface area contributed by atoms with Crippen LogP contribution in [-0.2, 0) is 0 Å². The fourth-order valence-corrected chi connectivity index (χ4v) is 2.83. The van der Waals surface area contributed by atoms with Gasteiger partial charge in [0.05, 0.1) is 12.7 Å². The molecule has 0 saturated carbocycles. The number of rotatable bonds is 4. The molecule has 0 saturated heterocycles. The van der Waals surface area contributed by atoms with Crippen LogP contribution in [0.4, 0.5) is 9.80 Å². The van der Waals surface area contributed by atoms with Crippen LogP contribution in [0.15, 0.2) is 24.3 Å². The molecule has 21 heavy (non-hydrogen) atoms. The van der Waals surface area contributed by atoms with Crippen LogP contribution >= 0.6 is 11.3 Å². The van der Waals surface area contributed by atoms with E-state index in [0.717, 1.165) is 11.3 Å². The van der Waals surface area contributed by atoms with Crippen molar-refractivity contribution in [3.8, 4) is 21.9 Å². The van der Waals surface area contributed by atoms with Crippen molar-refractivity contribution < 1.29 is 19.4 Å². The number of hydrogen-bond acceptors (Lipinski definition) is 5. The Bertz CT molecular complexity index is 711. The number of ether oxygens (including phenoxy) is 1. The minimum absolute atomic E-state index is 0.0339. The molecule has 3 amide bonds. The average Bonchev–Trinajstić information content (AvgIpc) is 2.81. The Labute approximate surface area is 124 Å². The lowest BCUT2D eigenvalue weighted by Crippen LogP contribution is -2.21. The van der Waals surface area contributed by atoms with E-state index in [-0.39, 0.29) is 16.3 Å². The van der Waals surface area contributed by atoms with E-state index in [4.69, 9.17) is 16.2 Å². The molecule has 1 aromatic carbocycles. The maximum absolute atomic E-state index is 11.4. The number of methoxy groups -OCH3 is 1. The van der Waals surface area contributed by atoms with Gasteiger partial charge in [0.25, 0.3) is 5.91 Å². The maximum atomic E-state index is 11.4. The van der Waals surface area contributed by atoms with Gasteiger partial charge in [-0.1, -0.05) is 0 Å². The summed E-state index contributed by atoms with van der Waals surface area (Å²) in [5.41, 5.74) is 11.1. The van der Waals surface area contributed by atoms with E-state index in [1.54, 1.807) is 12.1 Å². The highest BCUT2D eigenvalue weighted by atomic mass is 32.1. The van der Waals surface area contributed by atoms with Gasteiger partial charge in [0.1, 0.15) is 5.00 Å². The number of urea groups is 1. The zero-order chi connectivity index (χ0) is 15.6. The predicted octanol–water partition coefficient (Wildman–Crippen LogP) is 1.72. The molecule has 0 aliphatic rings. The second-order valence-corrected chi connectivity index (χ2v) is 5.15. The fraction of sp³-hybridized carbons (Fsp3) is 0.0769. The Balaban J connectivity index is 2.47. The highest BCUT2D eigenvalue weighted by Crippen LogP contribution is 2.38. The molecule has 110 valence electrons. The molecule has 2 aromatic rings. The zero-order valence-corrected chi connectivity index (χ0v) is 11.9. The molecule has 7 nitrogen and oxygen atoms in total. The number of hydrogen-bond donors (Lipinski definition) is 4. The van der Waals surface area contributed by atoms with Crippen molar-refractivity contribution in [1.29, 1.82) is 0 Å². The molecule has 0 aliphatic carbocycles. The molecular formula is C13H13N3O4S. The Morgan fingerprint density at radius 2 is 2.00 bits per heavy atom. The fourth-order valence-electron chi connectivity index (χ4n) is 1.76. The first-order valence-electron chi connectivity index (χ1n) is 5.80. The summed E-state index contributed by atoms with van der Waals surface area (Å²) in [5.74, 6) is -0.381. The summed E-state index contributed by atoms with van der Waals surface area (Å²) >= 11 is 1.13. The molecule has 0 fully saturated rings. The van der Waals surface area contributed by atoms with E-state index in [9.17, 15) is 14.7 Å². The monoisotopic (exact) mass is 307 g/mol. The van der Waals surface area contributed by atoms with Gasteiger partial charge in [-0.3, -0.25) is 10.1 Å². The number of amides is 3. The van der Waals surface area contributed by atoms with Crippen molar-refractivity contribution in [2.45, 2.75) is 0 Å². The summed E-state index contributed by atoms with van der Waals surface area (Å²) in [6, 6.07) is 5.53. The number of phenolic OH excluding ortho intramolecular Hbond substituents is 1. The Kier molecular flexibility index (Phi) is 3.99. The van der Waals surface area contributed by atoms with Crippen LogP contribution < -0.4 is 21.5 Å². The minimum atomic E-state index is -0.788. The van der Waals surface area contributed by atoms with Crippen LogP contribution in [0.25, 0.3) is 10.4 Å². The van der Waals surface area contributed by atoms with Gasteiger partial charge >= 0.3 is 6.03 Å². The highest BCUT2D eigenvalue weighted by Gasteiger charge is 2.16. The quantitative estimate of drug-likeness (QED) is 0.685. The van der Waals surface area contributed by atoms with E-state index in [0.29, 0.717) is 16.2 Å². The summed E-state index contributed by atoms with van der Waals surface area (Å²) in [6.07, 6.45) is 0. The number of phenols is 1. The molecule has 1 aromatic heterocycles. The second kappa shape index (κ2) is 5.71. The smallest absolute Gasteiger partial charge is 0.317 e. The number of anilines is 1. The number of thiophene rings is 1. The third-order valence-corrected chi connectivity index (χ3v) is 3.80.